The predicted molar refractivity (Wildman–Crippen MR) is 137 cm³/mol. The summed E-state index contributed by atoms with van der Waals surface area (Å²) in [6, 6.07) is 7.81. The van der Waals surface area contributed by atoms with Gasteiger partial charge in [0.15, 0.2) is 0 Å². The van der Waals surface area contributed by atoms with Crippen LogP contribution in [0.4, 0.5) is 16.2 Å². The van der Waals surface area contributed by atoms with Gasteiger partial charge in [-0.25, -0.2) is 9.69 Å². The maximum atomic E-state index is 13.3. The lowest BCUT2D eigenvalue weighted by Crippen LogP contribution is -2.54. The van der Waals surface area contributed by atoms with Crippen LogP contribution in [0.1, 0.15) is 44.4 Å². The summed E-state index contributed by atoms with van der Waals surface area (Å²) >= 11 is 12.3. The highest BCUT2D eigenvalue weighted by Crippen LogP contribution is 2.41. The fourth-order valence-corrected chi connectivity index (χ4v) is 5.05. The van der Waals surface area contributed by atoms with Crippen LogP contribution in [0, 0.1) is 6.92 Å². The largest absolute Gasteiger partial charge is 0.363 e. The third-order valence-electron chi connectivity index (χ3n) is 6.26. The molecule has 0 aromatic heterocycles. The summed E-state index contributed by atoms with van der Waals surface area (Å²) in [6.07, 6.45) is 3.74. The van der Waals surface area contributed by atoms with E-state index in [1.165, 1.54) is 12.1 Å². The number of amides is 4. The molecule has 2 aromatic rings. The number of halogens is 2. The molecule has 34 heavy (non-hydrogen) atoms. The number of benzene rings is 2. The second-order valence-electron chi connectivity index (χ2n) is 8.98. The fraction of sp³-hybridized carbons (Fsp3) is 0.269. The number of hydrogen-bond donors (Lipinski definition) is 1. The Morgan fingerprint density at radius 3 is 2.44 bits per heavy atom. The molecule has 0 radical (unpaired) electrons. The number of likely N-dealkylation sites (N-methyl/N-ethyl adjacent to an activating group) is 1. The number of fused-ring (bicyclic) bond motifs is 1. The number of hydrogen-bond acceptors (Lipinski definition) is 4. The molecule has 2 aliphatic heterocycles. The average molecular weight is 498 g/mol. The van der Waals surface area contributed by atoms with Gasteiger partial charge in [0.2, 0.25) is 0 Å². The molecule has 2 heterocycles. The fourth-order valence-electron chi connectivity index (χ4n) is 4.67. The lowest BCUT2D eigenvalue weighted by molar-refractivity contribution is -0.122. The van der Waals surface area contributed by atoms with Crippen LogP contribution in [0.3, 0.4) is 0 Å². The number of imide groups is 2. The number of nitrogens with one attached hydrogen (secondary N) is 1. The highest BCUT2D eigenvalue weighted by atomic mass is 35.5. The standard InChI is InChI=1S/C26H25Cl2N3O3/c1-6-30-21-10-14(2)16(11-17(21)15(3)13-26(30,4)5)12-18-23(32)29-25(34)31(24(18)33)20-9-7-8-19(27)22(20)28/h7-13H,6H2,1-5H3,(H,29,32,34)/b18-12+. The number of carbonyl (C=O) groups excluding carboxylic acids is 3. The minimum Gasteiger partial charge on any atom is -0.363 e. The van der Waals surface area contributed by atoms with E-state index in [0.717, 1.165) is 33.8 Å². The molecule has 1 fully saturated rings. The summed E-state index contributed by atoms with van der Waals surface area (Å²) < 4.78 is 0. The summed E-state index contributed by atoms with van der Waals surface area (Å²) in [5.74, 6) is -1.52. The minimum absolute atomic E-state index is 0.0503. The number of nitrogens with zero attached hydrogens (tertiary/aromatic N) is 2. The molecule has 4 amide bonds. The molecule has 2 aromatic carbocycles. The number of anilines is 2. The Morgan fingerprint density at radius 2 is 1.76 bits per heavy atom. The Bertz CT molecular complexity index is 1310. The van der Waals surface area contributed by atoms with Gasteiger partial charge in [0, 0.05) is 17.8 Å². The van der Waals surface area contributed by atoms with E-state index in [0.29, 0.717) is 5.56 Å². The number of barbiturate groups is 1. The predicted octanol–water partition coefficient (Wildman–Crippen LogP) is 5.99. The highest BCUT2D eigenvalue weighted by molar-refractivity contribution is 6.46. The summed E-state index contributed by atoms with van der Waals surface area (Å²) in [7, 11) is 0. The van der Waals surface area contributed by atoms with Crippen LogP contribution in [-0.4, -0.2) is 29.9 Å². The van der Waals surface area contributed by atoms with Gasteiger partial charge in [-0.1, -0.05) is 35.3 Å². The zero-order valence-corrected chi connectivity index (χ0v) is 21.1. The van der Waals surface area contributed by atoms with Crippen LogP contribution in [-0.2, 0) is 9.59 Å². The first-order chi connectivity index (χ1) is 16.0. The molecular weight excluding hydrogens is 473 g/mol. The molecule has 0 bridgehead atoms. The van der Waals surface area contributed by atoms with Crippen molar-refractivity contribution in [2.45, 2.75) is 40.2 Å². The Hall–Kier alpha value is -3.09. The van der Waals surface area contributed by atoms with Crippen LogP contribution < -0.4 is 15.1 Å². The molecule has 0 saturated carbocycles. The van der Waals surface area contributed by atoms with E-state index in [-0.39, 0.29) is 26.8 Å². The van der Waals surface area contributed by atoms with Crippen molar-refractivity contribution in [1.29, 1.82) is 0 Å². The van der Waals surface area contributed by atoms with Crippen molar-refractivity contribution in [2.75, 3.05) is 16.3 Å². The maximum absolute atomic E-state index is 13.3. The van der Waals surface area contributed by atoms with Gasteiger partial charge in [0.25, 0.3) is 11.8 Å². The van der Waals surface area contributed by atoms with Crippen LogP contribution >= 0.6 is 23.2 Å². The van der Waals surface area contributed by atoms with E-state index in [1.54, 1.807) is 12.1 Å². The van der Waals surface area contributed by atoms with E-state index in [9.17, 15) is 14.4 Å². The summed E-state index contributed by atoms with van der Waals surface area (Å²) in [4.78, 5) is 41.7. The van der Waals surface area contributed by atoms with Gasteiger partial charge < -0.3 is 4.90 Å². The highest BCUT2D eigenvalue weighted by Gasteiger charge is 2.38. The molecule has 176 valence electrons. The smallest absolute Gasteiger partial charge is 0.336 e. The van der Waals surface area contributed by atoms with Crippen molar-refractivity contribution in [1.82, 2.24) is 5.32 Å². The van der Waals surface area contributed by atoms with Crippen molar-refractivity contribution in [2.24, 2.45) is 0 Å². The van der Waals surface area contributed by atoms with Gasteiger partial charge in [0.1, 0.15) is 5.57 Å². The van der Waals surface area contributed by atoms with E-state index in [4.69, 9.17) is 23.2 Å². The molecule has 0 spiro atoms. The summed E-state index contributed by atoms with van der Waals surface area (Å²) in [5.41, 5.74) is 4.69. The van der Waals surface area contributed by atoms with E-state index >= 15 is 0 Å². The second-order valence-corrected chi connectivity index (χ2v) is 9.77. The van der Waals surface area contributed by atoms with Crippen LogP contribution in [0.15, 0.2) is 42.0 Å². The quantitative estimate of drug-likeness (QED) is 0.417. The van der Waals surface area contributed by atoms with Crippen molar-refractivity contribution >= 4 is 64.1 Å². The van der Waals surface area contributed by atoms with Gasteiger partial charge in [-0.05, 0) is 81.7 Å². The first-order valence-corrected chi connectivity index (χ1v) is 11.7. The first-order valence-electron chi connectivity index (χ1n) is 10.9. The zero-order valence-electron chi connectivity index (χ0n) is 19.6. The van der Waals surface area contributed by atoms with Gasteiger partial charge in [-0.3, -0.25) is 14.9 Å². The lowest BCUT2D eigenvalue weighted by atomic mass is 9.86. The lowest BCUT2D eigenvalue weighted by Gasteiger charge is -2.43. The normalized spacial score (nSPS) is 18.7. The SMILES string of the molecule is CCN1c2cc(C)c(/C=C3\C(=O)NC(=O)N(c4cccc(Cl)c4Cl)C3=O)cc2C(C)=CC1(C)C. The van der Waals surface area contributed by atoms with Gasteiger partial charge in [-0.15, -0.1) is 0 Å². The molecule has 1 saturated heterocycles. The first kappa shape index (κ1) is 24.0. The average Bonchev–Trinajstić information content (AvgIpc) is 2.74. The Morgan fingerprint density at radius 1 is 1.06 bits per heavy atom. The number of aryl methyl sites for hydroxylation is 1. The van der Waals surface area contributed by atoms with Crippen LogP contribution in [0.25, 0.3) is 11.6 Å². The second kappa shape index (κ2) is 8.60. The maximum Gasteiger partial charge on any atom is 0.336 e. The molecular formula is C26H25Cl2N3O3. The molecule has 0 unspecified atom stereocenters. The van der Waals surface area contributed by atoms with Crippen molar-refractivity contribution in [3.8, 4) is 0 Å². The molecule has 6 nitrogen and oxygen atoms in total. The van der Waals surface area contributed by atoms with Gasteiger partial charge in [0.05, 0.1) is 21.3 Å². The number of rotatable bonds is 3. The monoisotopic (exact) mass is 497 g/mol. The molecule has 1 N–H and O–H groups in total. The Kier molecular flexibility index (Phi) is 6.08. The number of allylic oxidation sites excluding steroid dienone is 1. The molecule has 0 aliphatic carbocycles. The van der Waals surface area contributed by atoms with Gasteiger partial charge >= 0.3 is 6.03 Å². The van der Waals surface area contributed by atoms with Crippen molar-refractivity contribution < 1.29 is 14.4 Å². The zero-order chi connectivity index (χ0) is 24.9. The minimum atomic E-state index is -0.877. The third kappa shape index (κ3) is 3.91. The van der Waals surface area contributed by atoms with Crippen LogP contribution in [0.5, 0.6) is 0 Å². The van der Waals surface area contributed by atoms with Crippen molar-refractivity contribution in [3.05, 3.63) is 68.7 Å². The summed E-state index contributed by atoms with van der Waals surface area (Å²) in [5, 5.41) is 2.47. The number of carbonyl (C=O) groups is 3. The Labute approximate surface area is 208 Å². The Balaban J connectivity index is 1.82. The third-order valence-corrected chi connectivity index (χ3v) is 7.06. The van der Waals surface area contributed by atoms with Gasteiger partial charge in [-0.2, -0.15) is 0 Å². The molecule has 0 atom stereocenters. The van der Waals surface area contributed by atoms with E-state index < -0.39 is 17.8 Å². The van der Waals surface area contributed by atoms with E-state index in [1.807, 2.05) is 13.0 Å². The molecule has 4 rings (SSSR count). The number of urea groups is 1. The molecule has 2 aliphatic rings. The topological polar surface area (TPSA) is 69.7 Å². The van der Waals surface area contributed by atoms with E-state index in [2.05, 4.69) is 50.1 Å². The molecule has 8 heteroatoms. The van der Waals surface area contributed by atoms with Crippen molar-refractivity contribution in [3.63, 3.8) is 0 Å². The summed E-state index contributed by atoms with van der Waals surface area (Å²) in [6.45, 7) is 11.3. The van der Waals surface area contributed by atoms with Crippen LogP contribution in [0.2, 0.25) is 10.0 Å².